The van der Waals surface area contributed by atoms with E-state index >= 15 is 0 Å². The monoisotopic (exact) mass is 326 g/mol. The highest BCUT2D eigenvalue weighted by molar-refractivity contribution is 5.88. The minimum atomic E-state index is -0.425. The Morgan fingerprint density at radius 3 is 2.70 bits per heavy atom. The lowest BCUT2D eigenvalue weighted by atomic mass is 10.1. The summed E-state index contributed by atoms with van der Waals surface area (Å²) in [5, 5.41) is 5.62. The smallest absolute Gasteiger partial charge is 0.409 e. The van der Waals surface area contributed by atoms with Crippen LogP contribution in [0, 0.1) is 0 Å². The Hall–Kier alpha value is -1.83. The van der Waals surface area contributed by atoms with Crippen LogP contribution in [-0.2, 0) is 14.3 Å². The first-order valence-corrected chi connectivity index (χ1v) is 8.31. The van der Waals surface area contributed by atoms with E-state index in [1.54, 1.807) is 11.8 Å². The second-order valence-electron chi connectivity index (χ2n) is 5.87. The molecule has 23 heavy (non-hydrogen) atoms. The van der Waals surface area contributed by atoms with Crippen LogP contribution in [-0.4, -0.2) is 79.6 Å². The van der Waals surface area contributed by atoms with Crippen LogP contribution in [0.5, 0.6) is 0 Å². The van der Waals surface area contributed by atoms with Crippen molar-refractivity contribution < 1.29 is 19.1 Å². The van der Waals surface area contributed by atoms with Gasteiger partial charge in [0.1, 0.15) is 6.04 Å². The van der Waals surface area contributed by atoms with E-state index < -0.39 is 6.04 Å². The summed E-state index contributed by atoms with van der Waals surface area (Å²) in [7, 11) is 0. The molecule has 0 aromatic carbocycles. The number of hydrogen-bond donors (Lipinski definition) is 2. The minimum absolute atomic E-state index is 0.0945. The molecule has 2 aliphatic rings. The second-order valence-corrected chi connectivity index (χ2v) is 5.87. The van der Waals surface area contributed by atoms with E-state index in [4.69, 9.17) is 4.74 Å². The lowest BCUT2D eigenvalue weighted by Gasteiger charge is -2.33. The number of rotatable bonds is 4. The van der Waals surface area contributed by atoms with Crippen LogP contribution in [0.1, 0.15) is 26.2 Å². The number of amides is 3. The molecule has 0 bridgehead atoms. The van der Waals surface area contributed by atoms with Gasteiger partial charge in [-0.25, -0.2) is 4.79 Å². The van der Waals surface area contributed by atoms with Crippen molar-refractivity contribution in [1.29, 1.82) is 0 Å². The fourth-order valence-electron chi connectivity index (χ4n) is 2.82. The summed E-state index contributed by atoms with van der Waals surface area (Å²) in [5.41, 5.74) is 0. The lowest BCUT2D eigenvalue weighted by Crippen LogP contribution is -2.53. The predicted octanol–water partition coefficient (Wildman–Crippen LogP) is -0.455. The minimum Gasteiger partial charge on any atom is -0.450 e. The molecule has 2 fully saturated rings. The molecule has 2 heterocycles. The Balaban J connectivity index is 1.72. The Labute approximate surface area is 136 Å². The molecule has 0 aliphatic carbocycles. The molecule has 2 saturated heterocycles. The maximum Gasteiger partial charge on any atom is 0.409 e. The van der Waals surface area contributed by atoms with E-state index in [0.717, 1.165) is 12.8 Å². The average molecular weight is 326 g/mol. The van der Waals surface area contributed by atoms with Gasteiger partial charge in [-0.15, -0.1) is 0 Å². The van der Waals surface area contributed by atoms with Gasteiger partial charge in [0.15, 0.2) is 0 Å². The van der Waals surface area contributed by atoms with E-state index in [9.17, 15) is 14.4 Å². The highest BCUT2D eigenvalue weighted by Gasteiger charge is 2.26. The van der Waals surface area contributed by atoms with E-state index in [2.05, 4.69) is 10.6 Å². The first kappa shape index (κ1) is 17.5. The summed E-state index contributed by atoms with van der Waals surface area (Å²) in [6.45, 7) is 5.44. The number of nitrogens with zero attached hydrogens (tertiary/aromatic N) is 2. The molecular formula is C15H26N4O4. The van der Waals surface area contributed by atoms with Gasteiger partial charge in [-0.2, -0.15) is 0 Å². The van der Waals surface area contributed by atoms with Crippen molar-refractivity contribution in [2.45, 2.75) is 32.2 Å². The van der Waals surface area contributed by atoms with Crippen LogP contribution in [0.2, 0.25) is 0 Å². The average Bonchev–Trinajstić information content (AvgIpc) is 2.73. The number of ether oxygens (including phenoxy) is 1. The molecular weight excluding hydrogens is 300 g/mol. The fraction of sp³-hybridized carbons (Fsp3) is 0.800. The number of carbonyl (C=O) groups excluding carboxylic acids is 3. The highest BCUT2D eigenvalue weighted by Crippen LogP contribution is 2.06. The van der Waals surface area contributed by atoms with E-state index in [1.807, 2.05) is 4.90 Å². The van der Waals surface area contributed by atoms with E-state index in [1.165, 1.54) is 0 Å². The van der Waals surface area contributed by atoms with Crippen molar-refractivity contribution in [3.05, 3.63) is 0 Å². The Kier molecular flexibility index (Phi) is 6.64. The van der Waals surface area contributed by atoms with Gasteiger partial charge in [-0.3, -0.25) is 14.5 Å². The molecule has 0 radical (unpaired) electrons. The van der Waals surface area contributed by atoms with E-state index in [0.29, 0.717) is 45.8 Å². The highest BCUT2D eigenvalue weighted by atomic mass is 16.6. The Morgan fingerprint density at radius 1 is 1.26 bits per heavy atom. The molecule has 8 heteroatoms. The normalized spacial score (nSPS) is 22.9. The van der Waals surface area contributed by atoms with Gasteiger partial charge in [0.2, 0.25) is 11.8 Å². The van der Waals surface area contributed by atoms with Crippen LogP contribution in [0.15, 0.2) is 0 Å². The topological polar surface area (TPSA) is 91.0 Å². The number of piperazine rings is 1. The summed E-state index contributed by atoms with van der Waals surface area (Å²) in [4.78, 5) is 39.2. The number of hydrogen-bond acceptors (Lipinski definition) is 5. The van der Waals surface area contributed by atoms with Gasteiger partial charge in [0, 0.05) is 32.7 Å². The molecule has 1 atom stereocenters. The molecule has 2 N–H and O–H groups in total. The van der Waals surface area contributed by atoms with Gasteiger partial charge in [-0.05, 0) is 26.2 Å². The van der Waals surface area contributed by atoms with Crippen molar-refractivity contribution in [2.24, 2.45) is 0 Å². The lowest BCUT2D eigenvalue weighted by molar-refractivity contribution is -0.129. The Bertz CT molecular complexity index is 435. The summed E-state index contributed by atoms with van der Waals surface area (Å²) in [6, 6.07) is -0.425. The molecule has 1 unspecified atom stereocenters. The molecule has 2 aliphatic heterocycles. The third-order valence-electron chi connectivity index (χ3n) is 4.14. The predicted molar refractivity (Wildman–Crippen MR) is 83.8 cm³/mol. The van der Waals surface area contributed by atoms with Crippen LogP contribution in [0.3, 0.4) is 0 Å². The summed E-state index contributed by atoms with van der Waals surface area (Å²) >= 11 is 0. The first-order chi connectivity index (χ1) is 11.1. The van der Waals surface area contributed by atoms with Gasteiger partial charge in [0.05, 0.1) is 13.2 Å². The molecule has 8 nitrogen and oxygen atoms in total. The zero-order valence-electron chi connectivity index (χ0n) is 13.7. The maximum absolute atomic E-state index is 12.1. The molecule has 0 aromatic heterocycles. The summed E-state index contributed by atoms with van der Waals surface area (Å²) in [5.74, 6) is -0.236. The van der Waals surface area contributed by atoms with Crippen LogP contribution in [0.4, 0.5) is 4.79 Å². The summed E-state index contributed by atoms with van der Waals surface area (Å²) in [6.07, 6.45) is 2.27. The Morgan fingerprint density at radius 2 is 2.00 bits per heavy atom. The first-order valence-electron chi connectivity index (χ1n) is 8.31. The molecule has 2 rings (SSSR count). The van der Waals surface area contributed by atoms with Gasteiger partial charge in [0.25, 0.3) is 0 Å². The number of carbonyl (C=O) groups is 3. The molecule has 0 saturated carbocycles. The molecule has 130 valence electrons. The third kappa shape index (κ3) is 5.38. The van der Waals surface area contributed by atoms with Gasteiger partial charge >= 0.3 is 6.09 Å². The van der Waals surface area contributed by atoms with Crippen LogP contribution in [0.25, 0.3) is 0 Å². The van der Waals surface area contributed by atoms with Crippen molar-refractivity contribution in [3.63, 3.8) is 0 Å². The standard InChI is InChI=1S/C15H26N4O4/c1-2-23-15(22)19-9-7-18(8-10-19)11-13(20)17-12-5-3-4-6-16-14(12)21/h12H,2-11H2,1H3,(H,16,21)(H,17,20). The summed E-state index contributed by atoms with van der Waals surface area (Å²) < 4.78 is 4.97. The van der Waals surface area contributed by atoms with Crippen molar-refractivity contribution >= 4 is 17.9 Å². The second kappa shape index (κ2) is 8.71. The van der Waals surface area contributed by atoms with Crippen molar-refractivity contribution in [2.75, 3.05) is 45.9 Å². The van der Waals surface area contributed by atoms with Crippen LogP contribution < -0.4 is 10.6 Å². The van der Waals surface area contributed by atoms with Crippen LogP contribution >= 0.6 is 0 Å². The SMILES string of the molecule is CCOC(=O)N1CCN(CC(=O)NC2CCCCNC2=O)CC1. The largest absolute Gasteiger partial charge is 0.450 e. The molecule has 3 amide bonds. The quantitative estimate of drug-likeness (QED) is 0.730. The zero-order chi connectivity index (χ0) is 16.7. The van der Waals surface area contributed by atoms with E-state index in [-0.39, 0.29) is 24.5 Å². The van der Waals surface area contributed by atoms with Crippen molar-refractivity contribution in [1.82, 2.24) is 20.4 Å². The molecule has 0 aromatic rings. The van der Waals surface area contributed by atoms with Gasteiger partial charge in [-0.1, -0.05) is 0 Å². The zero-order valence-corrected chi connectivity index (χ0v) is 13.7. The van der Waals surface area contributed by atoms with Crippen molar-refractivity contribution in [3.8, 4) is 0 Å². The molecule has 0 spiro atoms. The maximum atomic E-state index is 12.1. The van der Waals surface area contributed by atoms with Gasteiger partial charge < -0.3 is 20.3 Å². The fourth-order valence-corrected chi connectivity index (χ4v) is 2.82. The third-order valence-corrected chi connectivity index (χ3v) is 4.14. The number of nitrogens with one attached hydrogen (secondary N) is 2.